The molecule has 1 rings (SSSR count). The Hall–Kier alpha value is -1.16. The fourth-order valence-corrected chi connectivity index (χ4v) is 1.43. The number of nitrogens with zero attached hydrogens (tertiary/aromatic N) is 1. The van der Waals surface area contributed by atoms with Gasteiger partial charge in [-0.3, -0.25) is 4.79 Å². The second kappa shape index (κ2) is 5.07. The van der Waals surface area contributed by atoms with E-state index in [4.69, 9.17) is 0 Å². The molecule has 0 amide bonds. The van der Waals surface area contributed by atoms with Crippen molar-refractivity contribution >= 4 is 21.7 Å². The molecule has 0 N–H and O–H groups in total. The van der Waals surface area contributed by atoms with Crippen LogP contribution in [0, 0.1) is 5.82 Å². The number of rotatable bonds is 3. The van der Waals surface area contributed by atoms with E-state index in [1.54, 1.807) is 11.1 Å². The molecule has 0 saturated heterocycles. The number of ketones is 1. The van der Waals surface area contributed by atoms with Crippen LogP contribution < -0.4 is 0 Å². The molecular weight excluding hydrogens is 261 g/mol. The average Bonchev–Trinajstić information content (AvgIpc) is 2.18. The molecule has 4 heteroatoms. The largest absolute Gasteiger partial charge is 0.383 e. The van der Waals surface area contributed by atoms with Crippen molar-refractivity contribution in [2.24, 2.45) is 0 Å². The Labute approximate surface area is 96.5 Å². The highest BCUT2D eigenvalue weighted by molar-refractivity contribution is 9.10. The van der Waals surface area contributed by atoms with Crippen LogP contribution in [0.4, 0.5) is 4.39 Å². The average molecular weight is 272 g/mol. The van der Waals surface area contributed by atoms with Crippen molar-refractivity contribution in [2.45, 2.75) is 0 Å². The van der Waals surface area contributed by atoms with Gasteiger partial charge < -0.3 is 4.90 Å². The molecule has 80 valence electrons. The molecule has 0 spiro atoms. The van der Waals surface area contributed by atoms with Gasteiger partial charge in [0.25, 0.3) is 0 Å². The molecule has 0 aliphatic rings. The van der Waals surface area contributed by atoms with Gasteiger partial charge in [0.2, 0.25) is 0 Å². The highest BCUT2D eigenvalue weighted by Crippen LogP contribution is 2.18. The molecule has 0 radical (unpaired) electrons. The zero-order valence-corrected chi connectivity index (χ0v) is 10.1. The maximum atomic E-state index is 12.9. The second-order valence-electron chi connectivity index (χ2n) is 3.27. The summed E-state index contributed by atoms with van der Waals surface area (Å²) in [6.45, 7) is 0. The zero-order chi connectivity index (χ0) is 11.4. The van der Waals surface area contributed by atoms with E-state index in [9.17, 15) is 9.18 Å². The molecule has 0 fully saturated rings. The van der Waals surface area contributed by atoms with Crippen LogP contribution in [0.15, 0.2) is 34.9 Å². The van der Waals surface area contributed by atoms with Crippen molar-refractivity contribution in [1.82, 2.24) is 4.90 Å². The molecular formula is C11H11BrFNO. The first kappa shape index (κ1) is 11.9. The maximum Gasteiger partial charge on any atom is 0.188 e. The summed E-state index contributed by atoms with van der Waals surface area (Å²) in [6.07, 6.45) is 3.03. The van der Waals surface area contributed by atoms with Crippen LogP contribution in [0.25, 0.3) is 0 Å². The highest BCUT2D eigenvalue weighted by atomic mass is 79.9. The van der Waals surface area contributed by atoms with Gasteiger partial charge in [-0.1, -0.05) is 15.9 Å². The zero-order valence-electron chi connectivity index (χ0n) is 8.50. The van der Waals surface area contributed by atoms with Gasteiger partial charge in [0.15, 0.2) is 5.78 Å². The van der Waals surface area contributed by atoms with E-state index < -0.39 is 5.82 Å². The molecule has 2 nitrogen and oxygen atoms in total. The Morgan fingerprint density at radius 1 is 1.47 bits per heavy atom. The fourth-order valence-electron chi connectivity index (χ4n) is 0.993. The smallest absolute Gasteiger partial charge is 0.188 e. The van der Waals surface area contributed by atoms with E-state index in [1.165, 1.54) is 24.3 Å². The summed E-state index contributed by atoms with van der Waals surface area (Å²) >= 11 is 3.20. The third-order valence-electron chi connectivity index (χ3n) is 1.72. The fraction of sp³-hybridized carbons (Fsp3) is 0.182. The minimum absolute atomic E-state index is 0.227. The monoisotopic (exact) mass is 271 g/mol. The van der Waals surface area contributed by atoms with E-state index in [1.807, 2.05) is 14.1 Å². The van der Waals surface area contributed by atoms with Crippen LogP contribution in [0.1, 0.15) is 10.4 Å². The number of allylic oxidation sites excluding steroid dienone is 1. The summed E-state index contributed by atoms with van der Waals surface area (Å²) in [5.41, 5.74) is 0.327. The van der Waals surface area contributed by atoms with Crippen LogP contribution in [-0.2, 0) is 0 Å². The van der Waals surface area contributed by atoms with Gasteiger partial charge in [-0.05, 0) is 18.2 Å². The molecule has 1 aromatic carbocycles. The van der Waals surface area contributed by atoms with Crippen LogP contribution in [0.2, 0.25) is 0 Å². The molecule has 0 bridgehead atoms. The molecule has 15 heavy (non-hydrogen) atoms. The van der Waals surface area contributed by atoms with Crippen LogP contribution in [0.3, 0.4) is 0 Å². The van der Waals surface area contributed by atoms with Crippen LogP contribution in [0.5, 0.6) is 0 Å². The lowest BCUT2D eigenvalue weighted by Gasteiger charge is -2.04. The maximum absolute atomic E-state index is 12.9. The molecule has 0 unspecified atom stereocenters. The van der Waals surface area contributed by atoms with Gasteiger partial charge in [-0.15, -0.1) is 0 Å². The van der Waals surface area contributed by atoms with E-state index in [-0.39, 0.29) is 5.78 Å². The first-order chi connectivity index (χ1) is 7.00. The summed E-state index contributed by atoms with van der Waals surface area (Å²) in [7, 11) is 3.62. The lowest BCUT2D eigenvalue weighted by molar-refractivity contribution is 0.104. The van der Waals surface area contributed by atoms with Gasteiger partial charge in [-0.25, -0.2) is 4.39 Å². The van der Waals surface area contributed by atoms with Crippen molar-refractivity contribution in [3.8, 4) is 0 Å². The third-order valence-corrected chi connectivity index (χ3v) is 2.41. The Kier molecular flexibility index (Phi) is 4.03. The quantitative estimate of drug-likeness (QED) is 0.623. The SMILES string of the molecule is CN(C)/C=C/C(=O)c1cc(F)ccc1Br. The van der Waals surface area contributed by atoms with Gasteiger partial charge in [0.05, 0.1) is 0 Å². The van der Waals surface area contributed by atoms with E-state index in [2.05, 4.69) is 15.9 Å². The summed E-state index contributed by atoms with van der Waals surface area (Å²) in [5.74, 6) is -0.644. The number of halogens is 2. The molecule has 0 aromatic heterocycles. The lowest BCUT2D eigenvalue weighted by atomic mass is 10.1. The number of hydrogen-bond donors (Lipinski definition) is 0. The minimum atomic E-state index is -0.417. The minimum Gasteiger partial charge on any atom is -0.383 e. The first-order valence-electron chi connectivity index (χ1n) is 4.34. The number of carbonyl (C=O) groups is 1. The summed E-state index contributed by atoms with van der Waals surface area (Å²) in [6, 6.07) is 4.04. The van der Waals surface area contributed by atoms with Gasteiger partial charge in [0, 0.05) is 36.4 Å². The highest BCUT2D eigenvalue weighted by Gasteiger charge is 2.07. The number of hydrogen-bond acceptors (Lipinski definition) is 2. The third kappa shape index (κ3) is 3.47. The molecule has 0 aliphatic heterocycles. The van der Waals surface area contributed by atoms with Gasteiger partial charge in [0.1, 0.15) is 5.82 Å². The molecule has 0 atom stereocenters. The Bertz CT molecular complexity index is 402. The van der Waals surface area contributed by atoms with Crippen molar-refractivity contribution < 1.29 is 9.18 Å². The van der Waals surface area contributed by atoms with Crippen molar-refractivity contribution in [3.63, 3.8) is 0 Å². The van der Waals surface area contributed by atoms with E-state index >= 15 is 0 Å². The van der Waals surface area contributed by atoms with E-state index in [0.29, 0.717) is 10.0 Å². The Morgan fingerprint density at radius 2 is 2.13 bits per heavy atom. The topological polar surface area (TPSA) is 20.3 Å². The Balaban J connectivity index is 2.96. The number of benzene rings is 1. The predicted molar refractivity (Wildman–Crippen MR) is 61.3 cm³/mol. The van der Waals surface area contributed by atoms with E-state index in [0.717, 1.165) is 0 Å². The normalized spacial score (nSPS) is 10.7. The first-order valence-corrected chi connectivity index (χ1v) is 5.14. The number of carbonyl (C=O) groups excluding carboxylic acids is 1. The van der Waals surface area contributed by atoms with Gasteiger partial charge in [-0.2, -0.15) is 0 Å². The van der Waals surface area contributed by atoms with Crippen molar-refractivity contribution in [1.29, 1.82) is 0 Å². The molecule has 0 heterocycles. The van der Waals surface area contributed by atoms with Crippen molar-refractivity contribution in [2.75, 3.05) is 14.1 Å². The molecule has 0 aliphatic carbocycles. The predicted octanol–water partition coefficient (Wildman–Crippen LogP) is 2.85. The molecule has 0 saturated carbocycles. The summed E-state index contributed by atoms with van der Waals surface area (Å²) in [5, 5.41) is 0. The second-order valence-corrected chi connectivity index (χ2v) is 4.12. The Morgan fingerprint density at radius 3 is 2.73 bits per heavy atom. The lowest BCUT2D eigenvalue weighted by Crippen LogP contribution is -2.03. The standard InChI is InChI=1S/C11H11BrFNO/c1-14(2)6-5-11(15)9-7-8(13)3-4-10(9)12/h3-7H,1-2H3/b6-5+. The molecule has 1 aromatic rings. The van der Waals surface area contributed by atoms with Crippen LogP contribution >= 0.6 is 15.9 Å². The van der Waals surface area contributed by atoms with Crippen LogP contribution in [-0.4, -0.2) is 24.8 Å². The summed E-state index contributed by atoms with van der Waals surface area (Å²) < 4.78 is 13.5. The van der Waals surface area contributed by atoms with Crippen molar-refractivity contribution in [3.05, 3.63) is 46.3 Å². The summed E-state index contributed by atoms with van der Waals surface area (Å²) in [4.78, 5) is 13.4. The van der Waals surface area contributed by atoms with Gasteiger partial charge >= 0.3 is 0 Å².